The van der Waals surface area contributed by atoms with Gasteiger partial charge in [0.25, 0.3) is 0 Å². The van der Waals surface area contributed by atoms with Crippen LogP contribution >= 0.6 is 0 Å². The van der Waals surface area contributed by atoms with Gasteiger partial charge in [-0.15, -0.1) is 0 Å². The summed E-state index contributed by atoms with van der Waals surface area (Å²) in [5.74, 6) is 0.986. The van der Waals surface area contributed by atoms with Gasteiger partial charge >= 0.3 is 6.16 Å². The van der Waals surface area contributed by atoms with Crippen LogP contribution in [0.2, 0.25) is 0 Å². The third kappa shape index (κ3) is 6.90. The second kappa shape index (κ2) is 10.7. The molecule has 0 bridgehead atoms. The highest BCUT2D eigenvalue weighted by Crippen LogP contribution is 2.58. The monoisotopic (exact) mass is 484 g/mol. The van der Waals surface area contributed by atoms with Crippen LogP contribution in [0.25, 0.3) is 0 Å². The molecule has 0 amide bonds. The van der Waals surface area contributed by atoms with Crippen LogP contribution in [0.1, 0.15) is 134 Å². The molecular formula is C29H56O5. The lowest BCUT2D eigenvalue weighted by molar-refractivity contribution is -0.476. The van der Waals surface area contributed by atoms with Crippen LogP contribution in [0, 0.1) is 33.5 Å². The molecule has 0 aliphatic heterocycles. The highest BCUT2D eigenvalue weighted by Gasteiger charge is 2.59. The van der Waals surface area contributed by atoms with Crippen LogP contribution in [0.5, 0.6) is 0 Å². The van der Waals surface area contributed by atoms with Gasteiger partial charge in [-0.2, -0.15) is 0 Å². The average molecular weight is 485 g/mol. The molecule has 2 aliphatic rings. The molecule has 2 aliphatic carbocycles. The topological polar surface area (TPSA) is 76.0 Å². The Hall–Kier alpha value is -0.810. The molecule has 5 heteroatoms. The lowest BCUT2D eigenvalue weighted by Gasteiger charge is -2.59. The van der Waals surface area contributed by atoms with E-state index in [-0.39, 0.29) is 32.9 Å². The second-order valence-corrected chi connectivity index (χ2v) is 15.1. The van der Waals surface area contributed by atoms with Crippen molar-refractivity contribution in [2.24, 2.45) is 33.5 Å². The molecule has 202 valence electrons. The van der Waals surface area contributed by atoms with E-state index in [1.165, 1.54) is 38.5 Å². The zero-order valence-electron chi connectivity index (χ0n) is 24.4. The van der Waals surface area contributed by atoms with Crippen molar-refractivity contribution in [2.75, 3.05) is 0 Å². The van der Waals surface area contributed by atoms with E-state index in [1.807, 2.05) is 0 Å². The fraction of sp³-hybridized carbons (Fsp3) is 0.966. The van der Waals surface area contributed by atoms with Crippen molar-refractivity contribution >= 4 is 6.16 Å². The minimum atomic E-state index is -1.83. The summed E-state index contributed by atoms with van der Waals surface area (Å²) in [5, 5.41) is 13.9. The maximum absolute atomic E-state index is 8.56. The number of carboxylic acid groups (broad SMARTS) is 2. The quantitative estimate of drug-likeness (QED) is 0.308. The normalized spacial score (nSPS) is 31.4. The molecular weight excluding hydrogens is 428 g/mol. The Bertz CT molecular complexity index is 602. The Morgan fingerprint density at radius 3 is 1.09 bits per heavy atom. The second-order valence-electron chi connectivity index (χ2n) is 15.1. The van der Waals surface area contributed by atoms with Gasteiger partial charge in [-0.05, 0) is 59.2 Å². The number of hydrogen-bond acceptors (Lipinski definition) is 3. The Labute approximate surface area is 210 Å². The highest BCUT2D eigenvalue weighted by molar-refractivity contribution is 5.53. The van der Waals surface area contributed by atoms with Crippen LogP contribution in [0.4, 0.5) is 4.79 Å². The SMILES string of the molecule is CC(C)(C)C1CCCCC1(OOC1(C(C)(C)C)CCCCC1C(C)(C)C)C(C)(C)C.O=C(O)O. The predicted octanol–water partition coefficient (Wildman–Crippen LogP) is 9.20. The zero-order chi connectivity index (χ0) is 26.8. The maximum atomic E-state index is 8.56. The fourth-order valence-corrected chi connectivity index (χ4v) is 6.95. The van der Waals surface area contributed by atoms with Gasteiger partial charge < -0.3 is 10.2 Å². The molecule has 2 fully saturated rings. The van der Waals surface area contributed by atoms with Gasteiger partial charge in [-0.1, -0.05) is 109 Å². The van der Waals surface area contributed by atoms with Gasteiger partial charge in [0.1, 0.15) is 11.2 Å². The van der Waals surface area contributed by atoms with Crippen molar-refractivity contribution in [3.8, 4) is 0 Å². The Morgan fingerprint density at radius 1 is 0.618 bits per heavy atom. The van der Waals surface area contributed by atoms with E-state index in [0.29, 0.717) is 11.8 Å². The number of rotatable bonds is 3. The van der Waals surface area contributed by atoms with Crippen LogP contribution in [-0.2, 0) is 9.78 Å². The molecule has 2 rings (SSSR count). The summed E-state index contributed by atoms with van der Waals surface area (Å²) >= 11 is 0. The molecule has 5 nitrogen and oxygen atoms in total. The first kappa shape index (κ1) is 31.2. The molecule has 0 aromatic heterocycles. The van der Waals surface area contributed by atoms with E-state index >= 15 is 0 Å². The van der Waals surface area contributed by atoms with Crippen molar-refractivity contribution < 1.29 is 24.8 Å². The van der Waals surface area contributed by atoms with Gasteiger partial charge in [0.05, 0.1) is 0 Å². The summed E-state index contributed by atoms with van der Waals surface area (Å²) in [6.45, 7) is 28.6. The van der Waals surface area contributed by atoms with Crippen LogP contribution in [0.3, 0.4) is 0 Å². The van der Waals surface area contributed by atoms with Gasteiger partial charge in [0.2, 0.25) is 0 Å². The molecule has 34 heavy (non-hydrogen) atoms. The molecule has 0 aromatic rings. The summed E-state index contributed by atoms with van der Waals surface area (Å²) < 4.78 is 0. The van der Waals surface area contributed by atoms with E-state index in [2.05, 4.69) is 83.1 Å². The first-order valence-corrected chi connectivity index (χ1v) is 13.4. The van der Waals surface area contributed by atoms with Crippen LogP contribution in [0.15, 0.2) is 0 Å². The molecule has 4 unspecified atom stereocenters. The molecule has 4 atom stereocenters. The highest BCUT2D eigenvalue weighted by atomic mass is 17.2. The smallest absolute Gasteiger partial charge is 0.450 e. The van der Waals surface area contributed by atoms with Gasteiger partial charge in [0, 0.05) is 0 Å². The lowest BCUT2D eigenvalue weighted by atomic mass is 9.55. The lowest BCUT2D eigenvalue weighted by Crippen LogP contribution is -2.62. The molecule has 0 spiro atoms. The third-order valence-electron chi connectivity index (χ3n) is 8.68. The Morgan fingerprint density at radius 2 is 0.882 bits per heavy atom. The van der Waals surface area contributed by atoms with E-state index in [1.54, 1.807) is 0 Å². The van der Waals surface area contributed by atoms with Crippen molar-refractivity contribution in [1.82, 2.24) is 0 Å². The minimum absolute atomic E-state index is 0.0241. The van der Waals surface area contributed by atoms with Crippen LogP contribution in [-0.4, -0.2) is 27.6 Å². The number of hydrogen-bond donors (Lipinski definition) is 2. The largest absolute Gasteiger partial charge is 0.503 e. The summed E-state index contributed by atoms with van der Waals surface area (Å²) in [5.41, 5.74) is -0.0557. The van der Waals surface area contributed by atoms with Crippen molar-refractivity contribution in [3.63, 3.8) is 0 Å². The summed E-state index contributed by atoms with van der Waals surface area (Å²) in [6.07, 6.45) is 7.90. The average Bonchev–Trinajstić information content (AvgIpc) is 2.63. The first-order valence-electron chi connectivity index (χ1n) is 13.4. The van der Waals surface area contributed by atoms with E-state index < -0.39 is 6.16 Å². The summed E-state index contributed by atoms with van der Waals surface area (Å²) in [4.78, 5) is 22.5. The molecule has 2 saturated carbocycles. The first-order chi connectivity index (χ1) is 15.1. The molecule has 0 radical (unpaired) electrons. The van der Waals surface area contributed by atoms with Gasteiger partial charge in [0.15, 0.2) is 0 Å². The van der Waals surface area contributed by atoms with Gasteiger partial charge in [-0.25, -0.2) is 14.6 Å². The predicted molar refractivity (Wildman–Crippen MR) is 140 cm³/mol. The zero-order valence-corrected chi connectivity index (χ0v) is 24.4. The Kier molecular flexibility index (Phi) is 9.79. The minimum Gasteiger partial charge on any atom is -0.450 e. The van der Waals surface area contributed by atoms with E-state index in [0.717, 1.165) is 12.8 Å². The van der Waals surface area contributed by atoms with E-state index in [4.69, 9.17) is 24.8 Å². The number of carbonyl (C=O) groups is 1. The van der Waals surface area contributed by atoms with Gasteiger partial charge in [-0.3, -0.25) is 0 Å². The standard InChI is InChI=1S/C28H54O2.CH2O3/c1-23(2,3)21-17-13-15-19-27(21,25(7,8)9)29-30-28(26(10,11)12)20-16-14-18-22(28)24(4,5)6;2-1(3)4/h21-22H,13-20H2,1-12H3;(H2,2,3,4). The maximum Gasteiger partial charge on any atom is 0.503 e. The molecule has 0 aromatic carbocycles. The molecule has 0 heterocycles. The van der Waals surface area contributed by atoms with Crippen LogP contribution < -0.4 is 0 Å². The molecule has 0 saturated heterocycles. The van der Waals surface area contributed by atoms with Crippen molar-refractivity contribution in [1.29, 1.82) is 0 Å². The fourth-order valence-electron chi connectivity index (χ4n) is 6.95. The Balaban J connectivity index is 0.00000133. The van der Waals surface area contributed by atoms with Crippen molar-refractivity contribution in [3.05, 3.63) is 0 Å². The third-order valence-corrected chi connectivity index (χ3v) is 8.68. The van der Waals surface area contributed by atoms with E-state index in [9.17, 15) is 0 Å². The summed E-state index contributed by atoms with van der Waals surface area (Å²) in [7, 11) is 0. The molecule has 2 N–H and O–H groups in total. The van der Waals surface area contributed by atoms with Crippen molar-refractivity contribution in [2.45, 2.75) is 146 Å². The summed E-state index contributed by atoms with van der Waals surface area (Å²) in [6, 6.07) is 0.